The third kappa shape index (κ3) is 2.31. The van der Waals surface area contributed by atoms with Crippen molar-refractivity contribution in [3.8, 4) is 11.8 Å². The van der Waals surface area contributed by atoms with Gasteiger partial charge in [-0.1, -0.05) is 37.0 Å². The number of benzene rings is 1. The fraction of sp³-hybridized carbons (Fsp3) is 0.312. The topological polar surface area (TPSA) is 12.9 Å². The van der Waals surface area contributed by atoms with Gasteiger partial charge in [0, 0.05) is 17.4 Å². The van der Waals surface area contributed by atoms with Gasteiger partial charge in [0.15, 0.2) is 0 Å². The van der Waals surface area contributed by atoms with Gasteiger partial charge in [-0.25, -0.2) is 0 Å². The Hall–Kier alpha value is -1.81. The average molecular weight is 223 g/mol. The minimum absolute atomic E-state index is 0.950. The molecule has 17 heavy (non-hydrogen) atoms. The summed E-state index contributed by atoms with van der Waals surface area (Å²) in [4.78, 5) is 4.61. The van der Waals surface area contributed by atoms with Crippen LogP contribution in [0.3, 0.4) is 0 Å². The molecule has 0 N–H and O–H groups in total. The van der Waals surface area contributed by atoms with Gasteiger partial charge >= 0.3 is 0 Å². The Labute approximate surface area is 103 Å². The first-order chi connectivity index (χ1) is 8.24. The minimum atomic E-state index is 0.950. The standard InChI is InChI=1S/C16H17N/c1-4-5-6-9-14-12(2)15-10-7-8-11-16(15)17-13(14)3/h7-8,10-11H,4-5H2,1-3H3. The molecule has 0 aliphatic carbocycles. The van der Waals surface area contributed by atoms with E-state index < -0.39 is 0 Å². The smallest absolute Gasteiger partial charge is 0.0708 e. The van der Waals surface area contributed by atoms with Gasteiger partial charge < -0.3 is 0 Å². The molecule has 1 aromatic carbocycles. The summed E-state index contributed by atoms with van der Waals surface area (Å²) in [6.07, 6.45) is 2.05. The molecule has 0 saturated heterocycles. The zero-order valence-corrected chi connectivity index (χ0v) is 10.7. The van der Waals surface area contributed by atoms with E-state index in [0.29, 0.717) is 0 Å². The molecule has 0 fully saturated rings. The second-order valence-electron chi connectivity index (χ2n) is 4.27. The first-order valence-corrected chi connectivity index (χ1v) is 6.09. The monoisotopic (exact) mass is 223 g/mol. The van der Waals surface area contributed by atoms with E-state index in [-0.39, 0.29) is 0 Å². The van der Waals surface area contributed by atoms with Crippen molar-refractivity contribution < 1.29 is 0 Å². The van der Waals surface area contributed by atoms with Crippen molar-refractivity contribution in [1.82, 2.24) is 4.98 Å². The first kappa shape index (κ1) is 11.7. The van der Waals surface area contributed by atoms with Gasteiger partial charge in [-0.05, 0) is 31.9 Å². The highest BCUT2D eigenvalue weighted by Gasteiger charge is 2.06. The third-order valence-corrected chi connectivity index (χ3v) is 2.92. The van der Waals surface area contributed by atoms with Gasteiger partial charge in [0.05, 0.1) is 11.2 Å². The largest absolute Gasteiger partial charge is 0.252 e. The van der Waals surface area contributed by atoms with E-state index in [1.54, 1.807) is 0 Å². The molecule has 2 aromatic rings. The number of unbranched alkanes of at least 4 members (excludes halogenated alkanes) is 1. The number of aromatic nitrogens is 1. The number of nitrogens with zero attached hydrogens (tertiary/aromatic N) is 1. The van der Waals surface area contributed by atoms with Crippen molar-refractivity contribution in [3.63, 3.8) is 0 Å². The SMILES string of the molecule is CCCC#Cc1c(C)nc2ccccc2c1C. The molecular formula is C16H17N. The Morgan fingerprint density at radius 1 is 1.18 bits per heavy atom. The average Bonchev–Trinajstić information content (AvgIpc) is 2.33. The molecule has 86 valence electrons. The maximum atomic E-state index is 4.61. The van der Waals surface area contributed by atoms with Crippen molar-refractivity contribution in [2.75, 3.05) is 0 Å². The highest BCUT2D eigenvalue weighted by atomic mass is 14.7. The van der Waals surface area contributed by atoms with E-state index in [4.69, 9.17) is 0 Å². The number of para-hydroxylation sites is 1. The molecule has 0 saturated carbocycles. The second kappa shape index (κ2) is 5.01. The van der Waals surface area contributed by atoms with Crippen molar-refractivity contribution in [3.05, 3.63) is 41.1 Å². The summed E-state index contributed by atoms with van der Waals surface area (Å²) >= 11 is 0. The van der Waals surface area contributed by atoms with Crippen LogP contribution in [-0.2, 0) is 0 Å². The van der Waals surface area contributed by atoms with Crippen LogP contribution in [0.4, 0.5) is 0 Å². The highest BCUT2D eigenvalue weighted by molar-refractivity contribution is 5.84. The predicted molar refractivity (Wildman–Crippen MR) is 73.0 cm³/mol. The van der Waals surface area contributed by atoms with Crippen LogP contribution in [0, 0.1) is 25.7 Å². The molecular weight excluding hydrogens is 206 g/mol. The number of hydrogen-bond acceptors (Lipinski definition) is 1. The molecule has 0 aliphatic rings. The number of fused-ring (bicyclic) bond motifs is 1. The van der Waals surface area contributed by atoms with E-state index in [1.807, 2.05) is 13.0 Å². The van der Waals surface area contributed by atoms with Gasteiger partial charge in [0.25, 0.3) is 0 Å². The number of rotatable bonds is 1. The van der Waals surface area contributed by atoms with Crippen molar-refractivity contribution in [1.29, 1.82) is 0 Å². The van der Waals surface area contributed by atoms with E-state index in [0.717, 1.165) is 29.6 Å². The zero-order valence-electron chi connectivity index (χ0n) is 10.7. The lowest BCUT2D eigenvalue weighted by Gasteiger charge is -2.07. The lowest BCUT2D eigenvalue weighted by Crippen LogP contribution is -1.94. The summed E-state index contributed by atoms with van der Waals surface area (Å²) < 4.78 is 0. The van der Waals surface area contributed by atoms with Crippen LogP contribution in [0.1, 0.15) is 36.6 Å². The minimum Gasteiger partial charge on any atom is -0.252 e. The number of hydrogen-bond donors (Lipinski definition) is 0. The first-order valence-electron chi connectivity index (χ1n) is 6.09. The fourth-order valence-electron chi connectivity index (χ4n) is 1.99. The van der Waals surface area contributed by atoms with E-state index in [1.165, 1.54) is 10.9 Å². The summed E-state index contributed by atoms with van der Waals surface area (Å²) in [5.74, 6) is 6.47. The molecule has 1 heterocycles. The van der Waals surface area contributed by atoms with Crippen LogP contribution in [0.2, 0.25) is 0 Å². The Kier molecular flexibility index (Phi) is 3.44. The lowest BCUT2D eigenvalue weighted by atomic mass is 10.0. The van der Waals surface area contributed by atoms with E-state index >= 15 is 0 Å². The molecule has 2 rings (SSSR count). The fourth-order valence-corrected chi connectivity index (χ4v) is 1.99. The van der Waals surface area contributed by atoms with Crippen LogP contribution >= 0.6 is 0 Å². The van der Waals surface area contributed by atoms with Gasteiger partial charge in [-0.2, -0.15) is 0 Å². The van der Waals surface area contributed by atoms with Gasteiger partial charge in [-0.15, -0.1) is 0 Å². The molecule has 1 heteroatoms. The van der Waals surface area contributed by atoms with Gasteiger partial charge in [0.2, 0.25) is 0 Å². The van der Waals surface area contributed by atoms with Gasteiger partial charge in [0.1, 0.15) is 0 Å². The molecule has 0 radical (unpaired) electrons. The van der Waals surface area contributed by atoms with Crippen LogP contribution < -0.4 is 0 Å². The normalized spacial score (nSPS) is 10.1. The maximum Gasteiger partial charge on any atom is 0.0708 e. The Balaban J connectivity index is 2.61. The number of pyridine rings is 1. The molecule has 0 spiro atoms. The summed E-state index contributed by atoms with van der Waals surface area (Å²) in [6.45, 7) is 6.31. The van der Waals surface area contributed by atoms with Crippen LogP contribution in [-0.4, -0.2) is 4.98 Å². The molecule has 0 atom stereocenters. The van der Waals surface area contributed by atoms with E-state index in [9.17, 15) is 0 Å². The number of aryl methyl sites for hydroxylation is 2. The Morgan fingerprint density at radius 3 is 2.71 bits per heavy atom. The lowest BCUT2D eigenvalue weighted by molar-refractivity contribution is 0.983. The third-order valence-electron chi connectivity index (χ3n) is 2.92. The molecule has 0 unspecified atom stereocenters. The van der Waals surface area contributed by atoms with Crippen molar-refractivity contribution >= 4 is 10.9 Å². The Morgan fingerprint density at radius 2 is 1.94 bits per heavy atom. The Bertz CT molecular complexity index is 600. The molecule has 0 amide bonds. The maximum absolute atomic E-state index is 4.61. The van der Waals surface area contributed by atoms with E-state index in [2.05, 4.69) is 48.9 Å². The molecule has 0 bridgehead atoms. The van der Waals surface area contributed by atoms with Crippen LogP contribution in [0.5, 0.6) is 0 Å². The van der Waals surface area contributed by atoms with Gasteiger partial charge in [-0.3, -0.25) is 4.98 Å². The highest BCUT2D eigenvalue weighted by Crippen LogP contribution is 2.21. The summed E-state index contributed by atoms with van der Waals surface area (Å²) in [7, 11) is 0. The summed E-state index contributed by atoms with van der Waals surface area (Å²) in [5, 5.41) is 1.21. The molecule has 1 nitrogen and oxygen atoms in total. The van der Waals surface area contributed by atoms with Crippen molar-refractivity contribution in [2.45, 2.75) is 33.6 Å². The summed E-state index contributed by atoms with van der Waals surface area (Å²) in [6, 6.07) is 8.24. The second-order valence-corrected chi connectivity index (χ2v) is 4.27. The molecule has 1 aromatic heterocycles. The zero-order chi connectivity index (χ0) is 12.3. The molecule has 0 aliphatic heterocycles. The van der Waals surface area contributed by atoms with Crippen LogP contribution in [0.15, 0.2) is 24.3 Å². The summed E-state index contributed by atoms with van der Waals surface area (Å²) in [5.41, 5.74) is 4.43. The van der Waals surface area contributed by atoms with Crippen LogP contribution in [0.25, 0.3) is 10.9 Å². The predicted octanol–water partition coefficient (Wildman–Crippen LogP) is 4.00. The van der Waals surface area contributed by atoms with Crippen molar-refractivity contribution in [2.24, 2.45) is 0 Å². The quantitative estimate of drug-likeness (QED) is 0.666.